The van der Waals surface area contributed by atoms with Gasteiger partial charge in [0, 0.05) is 11.3 Å². The SMILES string of the molecule is FC(F)(F)c1nc(-c2ccccc2)oc1Nc1ccccc1. The van der Waals surface area contributed by atoms with Crippen molar-refractivity contribution in [3.8, 4) is 11.5 Å². The lowest BCUT2D eigenvalue weighted by Gasteiger charge is -2.06. The fraction of sp³-hybridized carbons (Fsp3) is 0.0625. The first-order valence-electron chi connectivity index (χ1n) is 6.49. The summed E-state index contributed by atoms with van der Waals surface area (Å²) in [5.41, 5.74) is -0.104. The number of aromatic nitrogens is 1. The molecule has 1 aromatic heterocycles. The van der Waals surface area contributed by atoms with Crippen LogP contribution < -0.4 is 5.32 Å². The normalized spacial score (nSPS) is 11.4. The number of para-hydroxylation sites is 1. The second-order valence-corrected chi connectivity index (χ2v) is 4.55. The fourth-order valence-corrected chi connectivity index (χ4v) is 1.95. The molecule has 3 rings (SSSR count). The van der Waals surface area contributed by atoms with Gasteiger partial charge in [-0.25, -0.2) is 4.98 Å². The summed E-state index contributed by atoms with van der Waals surface area (Å²) in [5, 5.41) is 2.62. The summed E-state index contributed by atoms with van der Waals surface area (Å²) in [7, 11) is 0. The van der Waals surface area contributed by atoms with Crippen molar-refractivity contribution in [2.75, 3.05) is 5.32 Å². The Morgan fingerprint density at radius 3 is 2.05 bits per heavy atom. The van der Waals surface area contributed by atoms with E-state index in [1.54, 1.807) is 60.7 Å². The number of halogens is 3. The Labute approximate surface area is 124 Å². The van der Waals surface area contributed by atoms with E-state index < -0.39 is 17.8 Å². The lowest BCUT2D eigenvalue weighted by atomic mass is 10.2. The first-order chi connectivity index (χ1) is 10.5. The first kappa shape index (κ1) is 14.2. The summed E-state index contributed by atoms with van der Waals surface area (Å²) in [6.45, 7) is 0. The van der Waals surface area contributed by atoms with E-state index in [2.05, 4.69) is 10.3 Å². The minimum Gasteiger partial charge on any atom is -0.420 e. The minimum atomic E-state index is -4.60. The lowest BCUT2D eigenvalue weighted by molar-refractivity contribution is -0.140. The fourth-order valence-electron chi connectivity index (χ4n) is 1.95. The number of hydrogen-bond acceptors (Lipinski definition) is 3. The number of benzene rings is 2. The van der Waals surface area contributed by atoms with Crippen LogP contribution in [0.4, 0.5) is 24.7 Å². The third-order valence-electron chi connectivity index (χ3n) is 2.95. The molecule has 2 aromatic carbocycles. The summed E-state index contributed by atoms with van der Waals surface area (Å²) in [5.74, 6) is -0.496. The maximum absolute atomic E-state index is 13.1. The molecule has 22 heavy (non-hydrogen) atoms. The van der Waals surface area contributed by atoms with E-state index in [1.165, 1.54) is 0 Å². The third-order valence-corrected chi connectivity index (χ3v) is 2.95. The summed E-state index contributed by atoms with van der Waals surface area (Å²) >= 11 is 0. The summed E-state index contributed by atoms with van der Waals surface area (Å²) in [4.78, 5) is 3.59. The first-order valence-corrected chi connectivity index (χ1v) is 6.49. The molecule has 3 aromatic rings. The van der Waals surface area contributed by atoms with Crippen molar-refractivity contribution >= 4 is 11.6 Å². The molecular formula is C16H11F3N2O. The van der Waals surface area contributed by atoms with Crippen LogP contribution in [0, 0.1) is 0 Å². The Kier molecular flexibility index (Phi) is 3.58. The molecule has 3 nitrogen and oxygen atoms in total. The van der Waals surface area contributed by atoms with Crippen LogP contribution in [0.1, 0.15) is 5.69 Å². The molecule has 0 saturated heterocycles. The van der Waals surface area contributed by atoms with Crippen molar-refractivity contribution in [1.82, 2.24) is 4.98 Å². The molecule has 0 amide bonds. The predicted molar refractivity (Wildman–Crippen MR) is 76.7 cm³/mol. The second-order valence-electron chi connectivity index (χ2n) is 4.55. The van der Waals surface area contributed by atoms with Crippen LogP contribution in [0.15, 0.2) is 65.1 Å². The van der Waals surface area contributed by atoms with Gasteiger partial charge in [-0.1, -0.05) is 36.4 Å². The molecule has 0 unspecified atom stereocenters. The van der Waals surface area contributed by atoms with Crippen LogP contribution in [-0.4, -0.2) is 4.98 Å². The zero-order valence-electron chi connectivity index (χ0n) is 11.3. The van der Waals surface area contributed by atoms with E-state index in [1.807, 2.05) is 0 Å². The van der Waals surface area contributed by atoms with E-state index in [-0.39, 0.29) is 5.89 Å². The van der Waals surface area contributed by atoms with Gasteiger partial charge in [0.1, 0.15) is 0 Å². The number of anilines is 2. The molecule has 0 fully saturated rings. The smallest absolute Gasteiger partial charge is 0.420 e. The standard InChI is InChI=1S/C16H11F3N2O/c17-16(18,19)13-15(20-12-9-5-2-6-10-12)22-14(21-13)11-7-3-1-4-8-11/h1-10,20H. The van der Waals surface area contributed by atoms with E-state index in [0.717, 1.165) is 0 Å². The molecule has 0 aliphatic rings. The van der Waals surface area contributed by atoms with Crippen molar-refractivity contribution < 1.29 is 17.6 Å². The molecule has 6 heteroatoms. The molecule has 1 N–H and O–H groups in total. The number of hydrogen-bond donors (Lipinski definition) is 1. The van der Waals surface area contributed by atoms with Crippen LogP contribution in [0.3, 0.4) is 0 Å². The van der Waals surface area contributed by atoms with Gasteiger partial charge in [-0.2, -0.15) is 13.2 Å². The minimum absolute atomic E-state index is 0.0774. The lowest BCUT2D eigenvalue weighted by Crippen LogP contribution is -2.08. The van der Waals surface area contributed by atoms with Crippen molar-refractivity contribution in [3.63, 3.8) is 0 Å². The van der Waals surface area contributed by atoms with Gasteiger partial charge in [0.15, 0.2) is 0 Å². The zero-order chi connectivity index (χ0) is 15.6. The highest BCUT2D eigenvalue weighted by molar-refractivity contribution is 5.61. The highest BCUT2D eigenvalue weighted by Gasteiger charge is 2.39. The van der Waals surface area contributed by atoms with Crippen molar-refractivity contribution in [3.05, 3.63) is 66.4 Å². The number of nitrogens with one attached hydrogen (secondary N) is 1. The Bertz CT molecular complexity index is 752. The van der Waals surface area contributed by atoms with Gasteiger partial charge < -0.3 is 9.73 Å². The largest absolute Gasteiger partial charge is 0.438 e. The maximum Gasteiger partial charge on any atom is 0.438 e. The van der Waals surface area contributed by atoms with Gasteiger partial charge in [0.25, 0.3) is 0 Å². The van der Waals surface area contributed by atoms with Gasteiger partial charge in [0.2, 0.25) is 17.5 Å². The van der Waals surface area contributed by atoms with Gasteiger partial charge in [-0.15, -0.1) is 0 Å². The van der Waals surface area contributed by atoms with Crippen molar-refractivity contribution in [2.45, 2.75) is 6.18 Å². The van der Waals surface area contributed by atoms with E-state index in [0.29, 0.717) is 11.3 Å². The van der Waals surface area contributed by atoms with Crippen LogP contribution in [0.5, 0.6) is 0 Å². The number of alkyl halides is 3. The molecule has 0 atom stereocenters. The monoisotopic (exact) mass is 304 g/mol. The Morgan fingerprint density at radius 2 is 1.45 bits per heavy atom. The van der Waals surface area contributed by atoms with Gasteiger partial charge in [0.05, 0.1) is 0 Å². The number of oxazole rings is 1. The molecule has 0 saturated carbocycles. The molecular weight excluding hydrogens is 293 g/mol. The number of nitrogens with zero attached hydrogens (tertiary/aromatic N) is 1. The topological polar surface area (TPSA) is 38.1 Å². The Balaban J connectivity index is 2.03. The van der Waals surface area contributed by atoms with E-state index >= 15 is 0 Å². The molecule has 112 valence electrons. The molecule has 0 spiro atoms. The molecule has 1 heterocycles. The van der Waals surface area contributed by atoms with Crippen LogP contribution in [0.25, 0.3) is 11.5 Å². The summed E-state index contributed by atoms with van der Waals surface area (Å²) in [6.07, 6.45) is -4.60. The van der Waals surface area contributed by atoms with Crippen molar-refractivity contribution in [2.24, 2.45) is 0 Å². The molecule has 0 aliphatic carbocycles. The van der Waals surface area contributed by atoms with Gasteiger partial charge in [-0.3, -0.25) is 0 Å². The average molecular weight is 304 g/mol. The highest BCUT2D eigenvalue weighted by atomic mass is 19.4. The van der Waals surface area contributed by atoms with E-state index in [9.17, 15) is 13.2 Å². The second kappa shape index (κ2) is 5.55. The average Bonchev–Trinajstić information content (AvgIpc) is 2.93. The zero-order valence-corrected chi connectivity index (χ0v) is 11.3. The Hall–Kier alpha value is -2.76. The quantitative estimate of drug-likeness (QED) is 0.731. The van der Waals surface area contributed by atoms with Gasteiger partial charge in [-0.05, 0) is 24.3 Å². The summed E-state index contributed by atoms with van der Waals surface area (Å²) < 4.78 is 44.6. The van der Waals surface area contributed by atoms with Crippen LogP contribution in [-0.2, 0) is 6.18 Å². The van der Waals surface area contributed by atoms with E-state index in [4.69, 9.17) is 4.42 Å². The number of rotatable bonds is 3. The predicted octanol–water partition coefficient (Wildman–Crippen LogP) is 5.10. The maximum atomic E-state index is 13.1. The van der Waals surface area contributed by atoms with Crippen LogP contribution >= 0.6 is 0 Å². The van der Waals surface area contributed by atoms with Gasteiger partial charge >= 0.3 is 6.18 Å². The van der Waals surface area contributed by atoms with Crippen LogP contribution in [0.2, 0.25) is 0 Å². The molecule has 0 bridgehead atoms. The Morgan fingerprint density at radius 1 is 0.864 bits per heavy atom. The molecule has 0 aliphatic heterocycles. The third kappa shape index (κ3) is 2.95. The van der Waals surface area contributed by atoms with Crippen molar-refractivity contribution in [1.29, 1.82) is 0 Å². The highest BCUT2D eigenvalue weighted by Crippen LogP contribution is 2.38. The molecule has 0 radical (unpaired) electrons. The summed E-state index contributed by atoms with van der Waals surface area (Å²) in [6, 6.07) is 16.9.